The van der Waals surface area contributed by atoms with E-state index in [4.69, 9.17) is 4.74 Å². The Kier molecular flexibility index (Phi) is 7.42. The highest BCUT2D eigenvalue weighted by Gasteiger charge is 2.25. The van der Waals surface area contributed by atoms with Gasteiger partial charge < -0.3 is 15.0 Å². The SMILES string of the molecule is CC(C)C(=O)N1CCC(NC(=O)COC(c2ccccc2)c2ccccc2)CC1. The van der Waals surface area contributed by atoms with E-state index in [1.165, 1.54) is 0 Å². The van der Waals surface area contributed by atoms with E-state index in [2.05, 4.69) is 5.32 Å². The zero-order chi connectivity index (χ0) is 20.6. The molecule has 1 aliphatic heterocycles. The third-order valence-electron chi connectivity index (χ3n) is 5.25. The Balaban J connectivity index is 1.53. The molecule has 1 fully saturated rings. The van der Waals surface area contributed by atoms with Gasteiger partial charge in [-0.3, -0.25) is 9.59 Å². The van der Waals surface area contributed by atoms with Gasteiger partial charge in [0.15, 0.2) is 0 Å². The molecule has 5 nitrogen and oxygen atoms in total. The fraction of sp³-hybridized carbons (Fsp3) is 0.417. The number of amides is 2. The maximum atomic E-state index is 12.5. The number of nitrogens with zero attached hydrogens (tertiary/aromatic N) is 1. The second kappa shape index (κ2) is 10.2. The standard InChI is InChI=1S/C24H30N2O3/c1-18(2)24(28)26-15-13-21(14-16-26)25-22(27)17-29-23(19-9-5-3-6-10-19)20-11-7-4-8-12-20/h3-12,18,21,23H,13-17H2,1-2H3,(H,25,27). The minimum Gasteiger partial charge on any atom is -0.359 e. The first-order valence-electron chi connectivity index (χ1n) is 10.3. The normalized spacial score (nSPS) is 15.0. The van der Waals surface area contributed by atoms with Crippen molar-refractivity contribution < 1.29 is 14.3 Å². The van der Waals surface area contributed by atoms with E-state index in [0.717, 1.165) is 24.0 Å². The average Bonchev–Trinajstić information content (AvgIpc) is 2.75. The van der Waals surface area contributed by atoms with Gasteiger partial charge in [-0.25, -0.2) is 0 Å². The highest BCUT2D eigenvalue weighted by molar-refractivity contribution is 5.79. The smallest absolute Gasteiger partial charge is 0.246 e. The van der Waals surface area contributed by atoms with Gasteiger partial charge in [0.2, 0.25) is 11.8 Å². The van der Waals surface area contributed by atoms with E-state index in [-0.39, 0.29) is 36.5 Å². The molecule has 0 radical (unpaired) electrons. The number of carbonyl (C=O) groups excluding carboxylic acids is 2. The maximum absolute atomic E-state index is 12.5. The molecule has 154 valence electrons. The Morgan fingerprint density at radius 3 is 1.97 bits per heavy atom. The quantitative estimate of drug-likeness (QED) is 0.781. The molecule has 0 aliphatic carbocycles. The van der Waals surface area contributed by atoms with Crippen molar-refractivity contribution in [3.8, 4) is 0 Å². The van der Waals surface area contributed by atoms with Crippen LogP contribution in [0.25, 0.3) is 0 Å². The summed E-state index contributed by atoms with van der Waals surface area (Å²) >= 11 is 0. The molecule has 0 aromatic heterocycles. The van der Waals surface area contributed by atoms with Crippen LogP contribution in [-0.2, 0) is 14.3 Å². The van der Waals surface area contributed by atoms with E-state index in [0.29, 0.717) is 13.1 Å². The van der Waals surface area contributed by atoms with Crippen LogP contribution in [0.15, 0.2) is 60.7 Å². The summed E-state index contributed by atoms with van der Waals surface area (Å²) in [4.78, 5) is 26.5. The van der Waals surface area contributed by atoms with Gasteiger partial charge in [0.1, 0.15) is 12.7 Å². The molecule has 3 rings (SSSR count). The summed E-state index contributed by atoms with van der Waals surface area (Å²) < 4.78 is 6.03. The molecular formula is C24H30N2O3. The van der Waals surface area contributed by atoms with E-state index >= 15 is 0 Å². The zero-order valence-corrected chi connectivity index (χ0v) is 17.2. The van der Waals surface area contributed by atoms with Gasteiger partial charge in [0.05, 0.1) is 0 Å². The molecule has 5 heteroatoms. The summed E-state index contributed by atoms with van der Waals surface area (Å²) in [5, 5.41) is 3.06. The van der Waals surface area contributed by atoms with Crippen LogP contribution in [0.3, 0.4) is 0 Å². The van der Waals surface area contributed by atoms with Crippen LogP contribution in [0.4, 0.5) is 0 Å². The van der Waals surface area contributed by atoms with Crippen molar-refractivity contribution in [1.82, 2.24) is 10.2 Å². The molecule has 1 aliphatic rings. The fourth-order valence-corrected chi connectivity index (χ4v) is 3.68. The summed E-state index contributed by atoms with van der Waals surface area (Å²) in [6.45, 7) is 5.23. The number of likely N-dealkylation sites (tertiary alicyclic amines) is 1. The van der Waals surface area contributed by atoms with Crippen LogP contribution in [-0.4, -0.2) is 42.5 Å². The Morgan fingerprint density at radius 1 is 0.966 bits per heavy atom. The van der Waals surface area contributed by atoms with Crippen molar-refractivity contribution >= 4 is 11.8 Å². The van der Waals surface area contributed by atoms with Crippen molar-refractivity contribution in [2.45, 2.75) is 38.8 Å². The number of rotatable bonds is 7. The maximum Gasteiger partial charge on any atom is 0.246 e. The molecule has 1 saturated heterocycles. The van der Waals surface area contributed by atoms with E-state index < -0.39 is 0 Å². The van der Waals surface area contributed by atoms with E-state index in [1.54, 1.807) is 0 Å². The summed E-state index contributed by atoms with van der Waals surface area (Å²) in [5.41, 5.74) is 2.04. The minimum atomic E-state index is -0.284. The Morgan fingerprint density at radius 2 is 1.48 bits per heavy atom. The summed E-state index contributed by atoms with van der Waals surface area (Å²) in [7, 11) is 0. The first-order chi connectivity index (χ1) is 14.0. The summed E-state index contributed by atoms with van der Waals surface area (Å²) in [5.74, 6) is 0.0876. The van der Waals surface area contributed by atoms with E-state index in [1.807, 2.05) is 79.4 Å². The Labute approximate surface area is 173 Å². The van der Waals surface area contributed by atoms with Crippen molar-refractivity contribution in [2.24, 2.45) is 5.92 Å². The van der Waals surface area contributed by atoms with Gasteiger partial charge in [-0.2, -0.15) is 0 Å². The molecule has 0 saturated carbocycles. The zero-order valence-electron chi connectivity index (χ0n) is 17.2. The first kappa shape index (κ1) is 21.1. The molecule has 2 aromatic rings. The van der Waals surface area contributed by atoms with Gasteiger partial charge in [0.25, 0.3) is 0 Å². The number of nitrogens with one attached hydrogen (secondary N) is 1. The largest absolute Gasteiger partial charge is 0.359 e. The monoisotopic (exact) mass is 394 g/mol. The van der Waals surface area contributed by atoms with Crippen LogP contribution in [0.5, 0.6) is 0 Å². The summed E-state index contributed by atoms with van der Waals surface area (Å²) in [6, 6.07) is 20.0. The second-order valence-electron chi connectivity index (χ2n) is 7.83. The highest BCUT2D eigenvalue weighted by atomic mass is 16.5. The number of ether oxygens (including phenoxy) is 1. The number of piperidine rings is 1. The van der Waals surface area contributed by atoms with Crippen LogP contribution in [0, 0.1) is 5.92 Å². The lowest BCUT2D eigenvalue weighted by Crippen LogP contribution is -2.48. The topological polar surface area (TPSA) is 58.6 Å². The predicted octanol–water partition coefficient (Wildman–Crippen LogP) is 3.56. The minimum absolute atomic E-state index is 0.000403. The number of benzene rings is 2. The third kappa shape index (κ3) is 5.91. The molecular weight excluding hydrogens is 364 g/mol. The molecule has 1 heterocycles. The number of hydrogen-bond acceptors (Lipinski definition) is 3. The number of hydrogen-bond donors (Lipinski definition) is 1. The lowest BCUT2D eigenvalue weighted by atomic mass is 10.0. The van der Waals surface area contributed by atoms with E-state index in [9.17, 15) is 9.59 Å². The van der Waals surface area contributed by atoms with Crippen molar-refractivity contribution in [2.75, 3.05) is 19.7 Å². The molecule has 29 heavy (non-hydrogen) atoms. The molecule has 0 atom stereocenters. The van der Waals surface area contributed by atoms with Gasteiger partial charge in [-0.1, -0.05) is 74.5 Å². The highest BCUT2D eigenvalue weighted by Crippen LogP contribution is 2.25. The third-order valence-corrected chi connectivity index (χ3v) is 5.25. The number of carbonyl (C=O) groups is 2. The van der Waals surface area contributed by atoms with Gasteiger partial charge in [0, 0.05) is 25.0 Å². The van der Waals surface area contributed by atoms with Crippen LogP contribution < -0.4 is 5.32 Å². The van der Waals surface area contributed by atoms with Crippen molar-refractivity contribution in [3.05, 3.63) is 71.8 Å². The Bertz CT molecular complexity index is 745. The second-order valence-corrected chi connectivity index (χ2v) is 7.83. The van der Waals surface area contributed by atoms with Gasteiger partial charge in [-0.05, 0) is 24.0 Å². The molecule has 0 unspecified atom stereocenters. The average molecular weight is 395 g/mol. The molecule has 2 amide bonds. The van der Waals surface area contributed by atoms with Crippen LogP contribution in [0.2, 0.25) is 0 Å². The molecule has 2 aromatic carbocycles. The van der Waals surface area contributed by atoms with Gasteiger partial charge >= 0.3 is 0 Å². The van der Waals surface area contributed by atoms with Crippen LogP contribution >= 0.6 is 0 Å². The van der Waals surface area contributed by atoms with Crippen LogP contribution in [0.1, 0.15) is 43.9 Å². The Hall–Kier alpha value is -2.66. The first-order valence-corrected chi connectivity index (χ1v) is 10.3. The van der Waals surface area contributed by atoms with Crippen molar-refractivity contribution in [1.29, 1.82) is 0 Å². The van der Waals surface area contributed by atoms with Crippen molar-refractivity contribution in [3.63, 3.8) is 0 Å². The molecule has 0 bridgehead atoms. The van der Waals surface area contributed by atoms with Gasteiger partial charge in [-0.15, -0.1) is 0 Å². The lowest BCUT2D eigenvalue weighted by Gasteiger charge is -2.33. The fourth-order valence-electron chi connectivity index (χ4n) is 3.68. The molecule has 1 N–H and O–H groups in total. The molecule has 0 spiro atoms. The predicted molar refractivity (Wildman–Crippen MR) is 113 cm³/mol. The summed E-state index contributed by atoms with van der Waals surface area (Å²) in [6.07, 6.45) is 1.28. The lowest BCUT2D eigenvalue weighted by molar-refractivity contribution is -0.135.